The van der Waals surface area contributed by atoms with Gasteiger partial charge < -0.3 is 4.74 Å². The molecule has 0 amide bonds. The largest absolute Gasteiger partial charge is 0.375 e. The molecule has 2 aliphatic rings. The van der Waals surface area contributed by atoms with Crippen LogP contribution < -0.4 is 0 Å². The normalized spacial score (nSPS) is 28.4. The smallest absolute Gasteiger partial charge is 0.0578 e. The van der Waals surface area contributed by atoms with Crippen LogP contribution >= 0.6 is 0 Å². The molecule has 0 aliphatic heterocycles. The van der Waals surface area contributed by atoms with Crippen molar-refractivity contribution < 1.29 is 4.74 Å². The highest BCUT2D eigenvalue weighted by atomic mass is 16.5. The Hall–Kier alpha value is -0.0400. The molecule has 0 spiro atoms. The summed E-state index contributed by atoms with van der Waals surface area (Å²) in [7, 11) is 0. The first kappa shape index (κ1) is 9.51. The monoisotopic (exact) mass is 182 g/mol. The van der Waals surface area contributed by atoms with Crippen LogP contribution in [0, 0.1) is 5.92 Å². The average Bonchev–Trinajstić information content (AvgIpc) is 2.02. The molecule has 0 radical (unpaired) electrons. The molecule has 2 aliphatic carbocycles. The second-order valence-electron chi connectivity index (χ2n) is 4.79. The van der Waals surface area contributed by atoms with Crippen LogP contribution in [0.5, 0.6) is 0 Å². The van der Waals surface area contributed by atoms with E-state index < -0.39 is 0 Å². The fourth-order valence-electron chi connectivity index (χ4n) is 2.53. The summed E-state index contributed by atoms with van der Waals surface area (Å²) in [4.78, 5) is 0. The first-order valence-corrected chi connectivity index (χ1v) is 6.02. The van der Waals surface area contributed by atoms with E-state index in [2.05, 4.69) is 6.92 Å². The minimum Gasteiger partial charge on any atom is -0.375 e. The van der Waals surface area contributed by atoms with E-state index in [1.54, 1.807) is 0 Å². The third-order valence-electron chi connectivity index (χ3n) is 3.77. The number of hydrogen-bond donors (Lipinski definition) is 0. The van der Waals surface area contributed by atoms with Gasteiger partial charge in [0.25, 0.3) is 0 Å². The summed E-state index contributed by atoms with van der Waals surface area (Å²) >= 11 is 0. The van der Waals surface area contributed by atoms with Gasteiger partial charge in [-0.1, -0.05) is 25.7 Å². The maximum absolute atomic E-state index is 6.10. The maximum atomic E-state index is 6.10. The molecule has 0 aromatic rings. The summed E-state index contributed by atoms with van der Waals surface area (Å²) in [6, 6.07) is 0. The molecule has 0 aromatic heterocycles. The van der Waals surface area contributed by atoms with Crippen molar-refractivity contribution in [1.82, 2.24) is 0 Å². The summed E-state index contributed by atoms with van der Waals surface area (Å²) < 4.78 is 6.10. The van der Waals surface area contributed by atoms with E-state index in [0.29, 0.717) is 12.2 Å². The highest BCUT2D eigenvalue weighted by molar-refractivity contribution is 4.77. The lowest BCUT2D eigenvalue weighted by atomic mass is 9.81. The molecular weight excluding hydrogens is 160 g/mol. The van der Waals surface area contributed by atoms with Crippen molar-refractivity contribution in [2.45, 2.75) is 70.5 Å². The third-order valence-corrected chi connectivity index (χ3v) is 3.77. The molecule has 0 bridgehead atoms. The van der Waals surface area contributed by atoms with Gasteiger partial charge in [-0.05, 0) is 38.5 Å². The van der Waals surface area contributed by atoms with E-state index in [1.807, 2.05) is 0 Å². The summed E-state index contributed by atoms with van der Waals surface area (Å²) in [6.45, 7) is 2.28. The zero-order valence-electron chi connectivity index (χ0n) is 8.80. The van der Waals surface area contributed by atoms with Gasteiger partial charge in [-0.2, -0.15) is 0 Å². The highest BCUT2D eigenvalue weighted by Crippen LogP contribution is 2.33. The molecule has 0 aromatic carbocycles. The van der Waals surface area contributed by atoms with E-state index in [1.165, 1.54) is 51.4 Å². The Labute approximate surface area is 81.9 Å². The topological polar surface area (TPSA) is 9.23 Å². The lowest BCUT2D eigenvalue weighted by Crippen LogP contribution is -2.31. The van der Waals surface area contributed by atoms with Crippen molar-refractivity contribution >= 4 is 0 Å². The Morgan fingerprint density at radius 3 is 2.15 bits per heavy atom. The minimum absolute atomic E-state index is 0.539. The minimum atomic E-state index is 0.539. The van der Waals surface area contributed by atoms with Gasteiger partial charge in [0.1, 0.15) is 0 Å². The van der Waals surface area contributed by atoms with E-state index in [4.69, 9.17) is 4.74 Å². The summed E-state index contributed by atoms with van der Waals surface area (Å²) in [5.74, 6) is 0.891. The predicted octanol–water partition coefficient (Wildman–Crippen LogP) is 3.52. The van der Waals surface area contributed by atoms with E-state index >= 15 is 0 Å². The molecule has 2 fully saturated rings. The van der Waals surface area contributed by atoms with Crippen LogP contribution in [0.3, 0.4) is 0 Å². The maximum Gasteiger partial charge on any atom is 0.0578 e. The third kappa shape index (κ3) is 2.46. The number of rotatable bonds is 3. The van der Waals surface area contributed by atoms with Crippen LogP contribution in [0.4, 0.5) is 0 Å². The molecule has 13 heavy (non-hydrogen) atoms. The Kier molecular flexibility index (Phi) is 3.26. The van der Waals surface area contributed by atoms with Crippen molar-refractivity contribution in [3.05, 3.63) is 0 Å². The van der Waals surface area contributed by atoms with Gasteiger partial charge in [0.15, 0.2) is 0 Å². The fourth-order valence-corrected chi connectivity index (χ4v) is 2.53. The fraction of sp³-hybridized carbons (Fsp3) is 1.00. The molecule has 1 heteroatoms. The van der Waals surface area contributed by atoms with Crippen molar-refractivity contribution in [3.8, 4) is 0 Å². The van der Waals surface area contributed by atoms with Crippen molar-refractivity contribution in [2.75, 3.05) is 0 Å². The van der Waals surface area contributed by atoms with Gasteiger partial charge in [-0.15, -0.1) is 0 Å². The first-order chi connectivity index (χ1) is 6.36. The number of hydrogen-bond acceptors (Lipinski definition) is 1. The van der Waals surface area contributed by atoms with Gasteiger partial charge in [0.05, 0.1) is 12.2 Å². The van der Waals surface area contributed by atoms with E-state index in [0.717, 1.165) is 5.92 Å². The van der Waals surface area contributed by atoms with Crippen molar-refractivity contribution in [2.24, 2.45) is 5.92 Å². The van der Waals surface area contributed by atoms with Crippen LogP contribution in [0.1, 0.15) is 58.3 Å². The van der Waals surface area contributed by atoms with E-state index in [-0.39, 0.29) is 0 Å². The SMILES string of the molecule is CC(OC1CCCCC1)C1CCC1. The first-order valence-electron chi connectivity index (χ1n) is 6.02. The van der Waals surface area contributed by atoms with Crippen molar-refractivity contribution in [3.63, 3.8) is 0 Å². The zero-order valence-corrected chi connectivity index (χ0v) is 8.80. The van der Waals surface area contributed by atoms with Crippen LogP contribution in [0.2, 0.25) is 0 Å². The summed E-state index contributed by atoms with van der Waals surface area (Å²) in [5.41, 5.74) is 0. The van der Waals surface area contributed by atoms with Gasteiger partial charge >= 0.3 is 0 Å². The molecule has 2 saturated carbocycles. The molecule has 1 atom stereocenters. The van der Waals surface area contributed by atoms with E-state index in [9.17, 15) is 0 Å². The van der Waals surface area contributed by atoms with Crippen LogP contribution in [0.25, 0.3) is 0 Å². The highest BCUT2D eigenvalue weighted by Gasteiger charge is 2.27. The molecule has 1 nitrogen and oxygen atoms in total. The van der Waals surface area contributed by atoms with Gasteiger partial charge in [0.2, 0.25) is 0 Å². The molecule has 76 valence electrons. The molecular formula is C12H22O. The predicted molar refractivity (Wildman–Crippen MR) is 54.8 cm³/mol. The van der Waals surface area contributed by atoms with Crippen molar-refractivity contribution in [1.29, 1.82) is 0 Å². The van der Waals surface area contributed by atoms with Gasteiger partial charge in [-0.25, -0.2) is 0 Å². The molecule has 1 unspecified atom stereocenters. The molecule has 0 heterocycles. The molecule has 0 saturated heterocycles. The standard InChI is InChI=1S/C12H22O/c1-10(11-6-5-7-11)13-12-8-3-2-4-9-12/h10-12H,2-9H2,1H3. The summed E-state index contributed by atoms with van der Waals surface area (Å²) in [5, 5.41) is 0. The quantitative estimate of drug-likeness (QED) is 0.649. The summed E-state index contributed by atoms with van der Waals surface area (Å²) in [6.07, 6.45) is 12.2. The second kappa shape index (κ2) is 4.45. The average molecular weight is 182 g/mol. The molecule has 2 rings (SSSR count). The Bertz CT molecular complexity index is 145. The number of ether oxygens (including phenoxy) is 1. The Morgan fingerprint density at radius 2 is 1.62 bits per heavy atom. The molecule has 0 N–H and O–H groups in total. The zero-order chi connectivity index (χ0) is 9.10. The van der Waals surface area contributed by atoms with Gasteiger partial charge in [-0.3, -0.25) is 0 Å². The Balaban J connectivity index is 1.69. The lowest BCUT2D eigenvalue weighted by Gasteiger charge is -2.35. The second-order valence-corrected chi connectivity index (χ2v) is 4.79. The van der Waals surface area contributed by atoms with Crippen LogP contribution in [-0.2, 0) is 4.74 Å². The Morgan fingerprint density at radius 1 is 0.923 bits per heavy atom. The lowest BCUT2D eigenvalue weighted by molar-refractivity contribution is -0.0638. The van der Waals surface area contributed by atoms with Gasteiger partial charge in [0, 0.05) is 0 Å². The van der Waals surface area contributed by atoms with Crippen LogP contribution in [0.15, 0.2) is 0 Å². The van der Waals surface area contributed by atoms with Crippen LogP contribution in [-0.4, -0.2) is 12.2 Å².